The van der Waals surface area contributed by atoms with Gasteiger partial charge in [-0.2, -0.15) is 0 Å². The summed E-state index contributed by atoms with van der Waals surface area (Å²) in [6.07, 6.45) is 1.80. The largest absolute Gasteiger partial charge is 0.496 e. The van der Waals surface area contributed by atoms with Crippen molar-refractivity contribution in [1.82, 2.24) is 5.32 Å². The van der Waals surface area contributed by atoms with Crippen LogP contribution in [0, 0.1) is 5.92 Å². The highest BCUT2D eigenvalue weighted by atomic mass is 16.5. The molecular formula is C19H22N2O2. The lowest BCUT2D eigenvalue weighted by molar-refractivity contribution is -0.120. The zero-order valence-corrected chi connectivity index (χ0v) is 13.3. The van der Waals surface area contributed by atoms with Crippen molar-refractivity contribution in [2.75, 3.05) is 25.5 Å². The van der Waals surface area contributed by atoms with E-state index >= 15 is 0 Å². The van der Waals surface area contributed by atoms with E-state index in [1.807, 2.05) is 48.5 Å². The fourth-order valence-corrected chi connectivity index (χ4v) is 2.98. The number of carbonyl (C=O) groups excluding carboxylic acids is 1. The number of carbonyl (C=O) groups is 1. The van der Waals surface area contributed by atoms with E-state index in [1.54, 1.807) is 7.11 Å². The first kappa shape index (κ1) is 15.6. The fraction of sp³-hybridized carbons (Fsp3) is 0.316. The second-order valence-electron chi connectivity index (χ2n) is 5.79. The van der Waals surface area contributed by atoms with E-state index in [1.165, 1.54) is 0 Å². The molecule has 0 radical (unpaired) electrons. The quantitative estimate of drug-likeness (QED) is 0.911. The third-order valence-electron chi connectivity index (χ3n) is 4.26. The summed E-state index contributed by atoms with van der Waals surface area (Å²) in [6.45, 7) is 1.83. The van der Waals surface area contributed by atoms with Gasteiger partial charge in [0.1, 0.15) is 5.75 Å². The lowest BCUT2D eigenvalue weighted by atomic mass is 9.97. The summed E-state index contributed by atoms with van der Waals surface area (Å²) in [5.74, 6) is 1.05. The maximum Gasteiger partial charge on any atom is 0.227 e. The van der Waals surface area contributed by atoms with Crippen LogP contribution in [-0.2, 0) is 4.79 Å². The molecule has 23 heavy (non-hydrogen) atoms. The molecule has 2 N–H and O–H groups in total. The van der Waals surface area contributed by atoms with Gasteiger partial charge in [-0.15, -0.1) is 0 Å². The Labute approximate surface area is 136 Å². The number of piperidine rings is 1. The van der Waals surface area contributed by atoms with E-state index in [9.17, 15) is 4.79 Å². The molecule has 1 aliphatic heterocycles. The first-order valence-electron chi connectivity index (χ1n) is 8.03. The summed E-state index contributed by atoms with van der Waals surface area (Å²) < 4.78 is 5.42. The van der Waals surface area contributed by atoms with Crippen LogP contribution in [-0.4, -0.2) is 26.1 Å². The fourth-order valence-electron chi connectivity index (χ4n) is 2.98. The minimum absolute atomic E-state index is 0.103. The highest BCUT2D eigenvalue weighted by molar-refractivity contribution is 5.93. The number of methoxy groups -OCH3 is 1. The van der Waals surface area contributed by atoms with Gasteiger partial charge in [-0.1, -0.05) is 30.3 Å². The maximum atomic E-state index is 12.4. The van der Waals surface area contributed by atoms with Crippen molar-refractivity contribution >= 4 is 11.6 Å². The number of hydrogen-bond acceptors (Lipinski definition) is 3. The summed E-state index contributed by atoms with van der Waals surface area (Å²) in [4.78, 5) is 12.4. The third-order valence-corrected chi connectivity index (χ3v) is 4.26. The molecule has 1 saturated heterocycles. The van der Waals surface area contributed by atoms with Gasteiger partial charge in [-0.3, -0.25) is 4.79 Å². The van der Waals surface area contributed by atoms with Gasteiger partial charge in [0.15, 0.2) is 0 Å². The van der Waals surface area contributed by atoms with E-state index in [4.69, 9.17) is 4.74 Å². The van der Waals surface area contributed by atoms with E-state index in [2.05, 4.69) is 10.6 Å². The Balaban J connectivity index is 1.78. The van der Waals surface area contributed by atoms with Crippen LogP contribution in [0.2, 0.25) is 0 Å². The molecule has 4 heteroatoms. The first-order valence-corrected chi connectivity index (χ1v) is 8.03. The van der Waals surface area contributed by atoms with Gasteiger partial charge in [0.2, 0.25) is 5.91 Å². The second kappa shape index (κ2) is 7.29. The first-order chi connectivity index (χ1) is 11.3. The molecule has 0 spiro atoms. The van der Waals surface area contributed by atoms with Crippen molar-refractivity contribution in [3.8, 4) is 16.9 Å². The maximum absolute atomic E-state index is 12.4. The molecule has 1 aliphatic rings. The van der Waals surface area contributed by atoms with Crippen LogP contribution in [0.4, 0.5) is 5.69 Å². The Hall–Kier alpha value is -2.33. The van der Waals surface area contributed by atoms with Crippen LogP contribution < -0.4 is 15.4 Å². The molecule has 1 heterocycles. The third kappa shape index (κ3) is 3.71. The molecule has 0 atom stereocenters. The topological polar surface area (TPSA) is 50.4 Å². The summed E-state index contributed by atoms with van der Waals surface area (Å²) in [6, 6.07) is 15.8. The van der Waals surface area contributed by atoms with Crippen LogP contribution in [0.1, 0.15) is 12.8 Å². The van der Waals surface area contributed by atoms with Crippen LogP contribution in [0.25, 0.3) is 11.1 Å². The number of hydrogen-bond donors (Lipinski definition) is 2. The van der Waals surface area contributed by atoms with Crippen molar-refractivity contribution in [2.24, 2.45) is 5.92 Å². The molecule has 0 saturated carbocycles. The van der Waals surface area contributed by atoms with E-state index in [-0.39, 0.29) is 11.8 Å². The summed E-state index contributed by atoms with van der Waals surface area (Å²) in [7, 11) is 1.67. The lowest BCUT2D eigenvalue weighted by Gasteiger charge is -2.22. The Morgan fingerprint density at radius 2 is 1.91 bits per heavy atom. The molecule has 120 valence electrons. The Morgan fingerprint density at radius 1 is 1.13 bits per heavy atom. The van der Waals surface area contributed by atoms with E-state index in [0.29, 0.717) is 0 Å². The molecule has 0 aliphatic carbocycles. The predicted molar refractivity (Wildman–Crippen MR) is 92.7 cm³/mol. The second-order valence-corrected chi connectivity index (χ2v) is 5.79. The molecule has 2 aromatic rings. The van der Waals surface area contributed by atoms with Crippen LogP contribution in [0.15, 0.2) is 48.5 Å². The van der Waals surface area contributed by atoms with E-state index in [0.717, 1.165) is 48.5 Å². The van der Waals surface area contributed by atoms with Gasteiger partial charge in [0, 0.05) is 17.2 Å². The van der Waals surface area contributed by atoms with Gasteiger partial charge in [-0.05, 0) is 49.7 Å². The highest BCUT2D eigenvalue weighted by Gasteiger charge is 2.20. The number of anilines is 1. The van der Waals surface area contributed by atoms with Gasteiger partial charge in [0.25, 0.3) is 0 Å². The molecule has 0 unspecified atom stereocenters. The van der Waals surface area contributed by atoms with Crippen molar-refractivity contribution in [1.29, 1.82) is 0 Å². The Morgan fingerprint density at radius 3 is 2.70 bits per heavy atom. The molecular weight excluding hydrogens is 288 g/mol. The number of benzene rings is 2. The standard InChI is InChI=1S/C19H22N2O2/c1-23-18-8-3-2-7-17(18)15-5-4-6-16(13-15)21-19(22)14-9-11-20-12-10-14/h2-8,13-14,20H,9-12H2,1H3,(H,21,22). The van der Waals surface area contributed by atoms with Gasteiger partial charge in [-0.25, -0.2) is 0 Å². The van der Waals surface area contributed by atoms with Crippen molar-refractivity contribution in [3.05, 3.63) is 48.5 Å². The molecule has 1 amide bonds. The Kier molecular flexibility index (Phi) is 4.93. The molecule has 0 bridgehead atoms. The summed E-state index contributed by atoms with van der Waals surface area (Å²) in [5, 5.41) is 6.33. The number of rotatable bonds is 4. The molecule has 1 fully saturated rings. The molecule has 3 rings (SSSR count). The van der Waals surface area contributed by atoms with Crippen molar-refractivity contribution in [2.45, 2.75) is 12.8 Å². The normalized spacial score (nSPS) is 15.2. The molecule has 0 aromatic heterocycles. The van der Waals surface area contributed by atoms with Gasteiger partial charge in [0.05, 0.1) is 7.11 Å². The van der Waals surface area contributed by atoms with Crippen molar-refractivity contribution in [3.63, 3.8) is 0 Å². The average Bonchev–Trinajstić information content (AvgIpc) is 2.62. The molecule has 2 aromatic carbocycles. The number of nitrogens with one attached hydrogen (secondary N) is 2. The minimum atomic E-state index is 0.103. The number of ether oxygens (including phenoxy) is 1. The smallest absolute Gasteiger partial charge is 0.227 e. The zero-order valence-electron chi connectivity index (χ0n) is 13.3. The number of amides is 1. The average molecular weight is 310 g/mol. The summed E-state index contributed by atoms with van der Waals surface area (Å²) in [5.41, 5.74) is 2.88. The van der Waals surface area contributed by atoms with Gasteiger partial charge < -0.3 is 15.4 Å². The SMILES string of the molecule is COc1ccccc1-c1cccc(NC(=O)C2CCNCC2)c1. The zero-order chi connectivity index (χ0) is 16.1. The Bertz CT molecular complexity index is 679. The lowest BCUT2D eigenvalue weighted by Crippen LogP contribution is -2.34. The van der Waals surface area contributed by atoms with Crippen LogP contribution in [0.5, 0.6) is 5.75 Å². The monoisotopic (exact) mass is 310 g/mol. The van der Waals surface area contributed by atoms with E-state index < -0.39 is 0 Å². The van der Waals surface area contributed by atoms with Crippen LogP contribution in [0.3, 0.4) is 0 Å². The summed E-state index contributed by atoms with van der Waals surface area (Å²) >= 11 is 0. The molecule has 4 nitrogen and oxygen atoms in total. The van der Waals surface area contributed by atoms with Crippen molar-refractivity contribution < 1.29 is 9.53 Å². The van der Waals surface area contributed by atoms with Crippen LogP contribution >= 0.6 is 0 Å². The number of para-hydroxylation sites is 1. The minimum Gasteiger partial charge on any atom is -0.496 e. The predicted octanol–water partition coefficient (Wildman–Crippen LogP) is 3.30. The van der Waals surface area contributed by atoms with Gasteiger partial charge >= 0.3 is 0 Å². The highest BCUT2D eigenvalue weighted by Crippen LogP contribution is 2.31.